The summed E-state index contributed by atoms with van der Waals surface area (Å²) < 4.78 is 0. The summed E-state index contributed by atoms with van der Waals surface area (Å²) in [5.74, 6) is -7.92. The molecule has 8 nitrogen and oxygen atoms in total. The van der Waals surface area contributed by atoms with Gasteiger partial charge in [0, 0.05) is 29.2 Å². The van der Waals surface area contributed by atoms with Crippen LogP contribution in [0.15, 0.2) is 71.2 Å². The van der Waals surface area contributed by atoms with Crippen molar-refractivity contribution in [2.45, 2.75) is 24.9 Å². The molecule has 3 aliphatic rings. The first-order valence-electron chi connectivity index (χ1n) is 11.0. The molecule has 2 aromatic rings. The number of nitrogens with two attached hydrogens (primary N) is 1. The van der Waals surface area contributed by atoms with E-state index in [2.05, 4.69) is 0 Å². The summed E-state index contributed by atoms with van der Waals surface area (Å²) in [6.07, 6.45) is 0.0549. The van der Waals surface area contributed by atoms with Gasteiger partial charge in [0.1, 0.15) is 22.8 Å². The number of hydrogen-bond acceptors (Lipinski definition) is 7. The standard InChI is InChI=1S/C26H23NO7/c1-11-15-10-14-17(12-6-3-2-4-7-12)13-8-5-9-16(28)18(13)22(30)19(14)23(31)26(15,34)24(32)20(21(11)29)25(27)33/h2-9,11,14-15,17,28-29,31,34H,10H2,1H3,(H2,27,33)/t11-,14+,15-,17+,26-/m0/s1. The summed E-state index contributed by atoms with van der Waals surface area (Å²) in [5, 5.41) is 44.0. The first-order valence-corrected chi connectivity index (χ1v) is 11.0. The van der Waals surface area contributed by atoms with E-state index in [1.807, 2.05) is 30.3 Å². The van der Waals surface area contributed by atoms with Gasteiger partial charge in [-0.1, -0.05) is 49.4 Å². The number of fused-ring (bicyclic) bond motifs is 3. The van der Waals surface area contributed by atoms with Crippen LogP contribution < -0.4 is 5.73 Å². The Morgan fingerprint density at radius 3 is 2.35 bits per heavy atom. The van der Waals surface area contributed by atoms with Crippen LogP contribution in [0.4, 0.5) is 0 Å². The average molecular weight is 461 g/mol. The summed E-state index contributed by atoms with van der Waals surface area (Å²) in [7, 11) is 0. The molecule has 34 heavy (non-hydrogen) atoms. The number of phenolic OH excluding ortho intramolecular Hbond substituents is 1. The maximum Gasteiger partial charge on any atom is 0.255 e. The second-order valence-corrected chi connectivity index (χ2v) is 9.18. The Balaban J connectivity index is 1.81. The Labute approximate surface area is 194 Å². The number of aliphatic hydroxyl groups excluding tert-OH is 2. The third-order valence-corrected chi connectivity index (χ3v) is 7.58. The number of benzene rings is 2. The monoisotopic (exact) mass is 461 g/mol. The molecule has 0 heterocycles. The van der Waals surface area contributed by atoms with Gasteiger partial charge in [-0.15, -0.1) is 0 Å². The topological polar surface area (TPSA) is 158 Å². The van der Waals surface area contributed by atoms with Gasteiger partial charge in [-0.3, -0.25) is 14.4 Å². The molecule has 0 bridgehead atoms. The zero-order chi connectivity index (χ0) is 24.5. The normalized spacial score (nSPS) is 30.5. The van der Waals surface area contributed by atoms with Gasteiger partial charge >= 0.3 is 0 Å². The minimum Gasteiger partial charge on any atom is -0.511 e. The van der Waals surface area contributed by atoms with Gasteiger partial charge in [0.25, 0.3) is 5.91 Å². The van der Waals surface area contributed by atoms with Crippen LogP contribution in [0.5, 0.6) is 5.75 Å². The van der Waals surface area contributed by atoms with Crippen molar-refractivity contribution in [2.24, 2.45) is 23.5 Å². The lowest BCUT2D eigenvalue weighted by atomic mass is 9.55. The molecule has 2 aromatic carbocycles. The van der Waals surface area contributed by atoms with Crippen molar-refractivity contribution < 1.29 is 34.8 Å². The van der Waals surface area contributed by atoms with Gasteiger partial charge in [0.2, 0.25) is 5.78 Å². The fraction of sp³-hybridized carbons (Fsp3) is 0.269. The average Bonchev–Trinajstić information content (AvgIpc) is 2.80. The van der Waals surface area contributed by atoms with Crippen LogP contribution in [0.1, 0.15) is 40.7 Å². The molecule has 0 spiro atoms. The number of aromatic hydroxyl groups is 1. The second kappa shape index (κ2) is 7.30. The van der Waals surface area contributed by atoms with Crippen molar-refractivity contribution in [3.63, 3.8) is 0 Å². The summed E-state index contributed by atoms with van der Waals surface area (Å²) in [6.45, 7) is 1.53. The van der Waals surface area contributed by atoms with Crippen LogP contribution in [0.25, 0.3) is 0 Å². The Bertz CT molecular complexity index is 1330. The van der Waals surface area contributed by atoms with Crippen molar-refractivity contribution in [1.82, 2.24) is 0 Å². The molecule has 8 heteroatoms. The predicted molar refractivity (Wildman–Crippen MR) is 120 cm³/mol. The van der Waals surface area contributed by atoms with E-state index in [0.717, 1.165) is 5.56 Å². The maximum atomic E-state index is 13.6. The first kappa shape index (κ1) is 21.9. The minimum absolute atomic E-state index is 0.0129. The summed E-state index contributed by atoms with van der Waals surface area (Å²) in [5.41, 5.74) is 3.07. The van der Waals surface area contributed by atoms with E-state index in [4.69, 9.17) is 5.73 Å². The van der Waals surface area contributed by atoms with Crippen LogP contribution in [0, 0.1) is 17.8 Å². The van der Waals surface area contributed by atoms with E-state index in [0.29, 0.717) is 5.56 Å². The SMILES string of the molecule is C[C@@H]1C(O)=C(C(N)=O)C(=O)[C@@]2(O)C(O)=C3C(=O)c4c(O)cccc4[C@@H](c4ccccc4)[C@H]3C[C@@H]12. The van der Waals surface area contributed by atoms with E-state index in [-0.39, 0.29) is 23.3 Å². The van der Waals surface area contributed by atoms with Gasteiger partial charge in [0.15, 0.2) is 11.4 Å². The van der Waals surface area contributed by atoms with E-state index in [1.54, 1.807) is 12.1 Å². The lowest BCUT2D eigenvalue weighted by Crippen LogP contribution is -2.59. The molecule has 5 atom stereocenters. The number of amides is 1. The van der Waals surface area contributed by atoms with E-state index in [1.165, 1.54) is 13.0 Å². The van der Waals surface area contributed by atoms with Crippen molar-refractivity contribution >= 4 is 17.5 Å². The highest BCUT2D eigenvalue weighted by atomic mass is 16.3. The van der Waals surface area contributed by atoms with Crippen molar-refractivity contribution in [2.75, 3.05) is 0 Å². The molecule has 0 unspecified atom stereocenters. The van der Waals surface area contributed by atoms with Gasteiger partial charge in [0.05, 0.1) is 5.56 Å². The molecule has 174 valence electrons. The van der Waals surface area contributed by atoms with E-state index >= 15 is 0 Å². The predicted octanol–water partition coefficient (Wildman–Crippen LogP) is 2.42. The highest BCUT2D eigenvalue weighted by molar-refractivity contribution is 6.24. The number of ketones is 2. The highest BCUT2D eigenvalue weighted by Gasteiger charge is 2.63. The Kier molecular flexibility index (Phi) is 4.70. The molecular formula is C26H23NO7. The van der Waals surface area contributed by atoms with E-state index in [9.17, 15) is 34.8 Å². The first-order chi connectivity index (χ1) is 16.1. The number of rotatable bonds is 2. The van der Waals surface area contributed by atoms with Gasteiger partial charge in [-0.05, 0) is 23.6 Å². The second-order valence-electron chi connectivity index (χ2n) is 9.18. The molecular weight excluding hydrogens is 438 g/mol. The Hall–Kier alpha value is -3.91. The van der Waals surface area contributed by atoms with E-state index < -0.39 is 63.8 Å². The number of aliphatic hydroxyl groups is 3. The number of hydrogen-bond donors (Lipinski definition) is 5. The van der Waals surface area contributed by atoms with Crippen LogP contribution in [-0.2, 0) is 9.59 Å². The molecule has 1 amide bonds. The minimum atomic E-state index is -2.61. The van der Waals surface area contributed by atoms with Gasteiger partial charge in [-0.25, -0.2) is 0 Å². The largest absolute Gasteiger partial charge is 0.511 e. The van der Waals surface area contributed by atoms with Crippen molar-refractivity contribution in [3.05, 3.63) is 87.9 Å². The van der Waals surface area contributed by atoms with Crippen molar-refractivity contribution in [1.29, 1.82) is 0 Å². The molecule has 3 aliphatic carbocycles. The quantitative estimate of drug-likeness (QED) is 0.430. The fourth-order valence-corrected chi connectivity index (χ4v) is 5.99. The Morgan fingerprint density at radius 1 is 1.03 bits per heavy atom. The van der Waals surface area contributed by atoms with Crippen LogP contribution in [0.2, 0.25) is 0 Å². The van der Waals surface area contributed by atoms with Crippen LogP contribution >= 0.6 is 0 Å². The summed E-state index contributed by atoms with van der Waals surface area (Å²) in [6, 6.07) is 13.9. The third-order valence-electron chi connectivity index (χ3n) is 7.58. The molecule has 6 N–H and O–H groups in total. The number of phenols is 1. The lowest BCUT2D eigenvalue weighted by Gasteiger charge is -2.49. The number of carbonyl (C=O) groups excluding carboxylic acids is 3. The molecule has 0 saturated heterocycles. The van der Waals surface area contributed by atoms with Gasteiger partial charge in [-0.2, -0.15) is 0 Å². The summed E-state index contributed by atoms with van der Waals surface area (Å²) >= 11 is 0. The number of carbonyl (C=O) groups is 3. The maximum absolute atomic E-state index is 13.6. The molecule has 0 saturated carbocycles. The van der Waals surface area contributed by atoms with Gasteiger partial charge < -0.3 is 26.2 Å². The molecule has 0 aliphatic heterocycles. The Morgan fingerprint density at radius 2 is 1.71 bits per heavy atom. The number of primary amides is 1. The molecule has 0 aromatic heterocycles. The molecule has 0 radical (unpaired) electrons. The zero-order valence-electron chi connectivity index (χ0n) is 18.2. The number of Topliss-reactive ketones (excluding diaryl/α,β-unsaturated/α-hetero) is 2. The number of allylic oxidation sites excluding steroid dienone is 2. The summed E-state index contributed by atoms with van der Waals surface area (Å²) in [4.78, 5) is 38.7. The van der Waals surface area contributed by atoms with Crippen molar-refractivity contribution in [3.8, 4) is 5.75 Å². The molecule has 5 rings (SSSR count). The zero-order valence-corrected chi connectivity index (χ0v) is 18.2. The highest BCUT2D eigenvalue weighted by Crippen LogP contribution is 2.57. The third kappa shape index (κ3) is 2.66. The fourth-order valence-electron chi connectivity index (χ4n) is 5.99. The molecule has 0 fully saturated rings. The van der Waals surface area contributed by atoms with Crippen LogP contribution in [-0.4, -0.2) is 43.5 Å². The lowest BCUT2D eigenvalue weighted by molar-refractivity contribution is -0.147. The van der Waals surface area contributed by atoms with Crippen LogP contribution in [0.3, 0.4) is 0 Å². The smallest absolute Gasteiger partial charge is 0.255 e.